The number of nitrogens with zero attached hydrogens (tertiary/aromatic N) is 3. The summed E-state index contributed by atoms with van der Waals surface area (Å²) in [6.45, 7) is 2.10. The Morgan fingerprint density at radius 3 is 2.63 bits per heavy atom. The third kappa shape index (κ3) is 5.83. The van der Waals surface area contributed by atoms with Crippen molar-refractivity contribution in [1.29, 1.82) is 0 Å². The zero-order chi connectivity index (χ0) is 19.3. The van der Waals surface area contributed by atoms with Crippen LogP contribution in [0, 0.1) is 5.82 Å². The number of benzene rings is 1. The van der Waals surface area contributed by atoms with Crippen LogP contribution in [0.2, 0.25) is 0 Å². The lowest BCUT2D eigenvalue weighted by Crippen LogP contribution is -2.43. The third-order valence-corrected chi connectivity index (χ3v) is 5.93. The molecule has 1 fully saturated rings. The average Bonchev–Trinajstić information content (AvgIpc) is 3.11. The monoisotopic (exact) mass is 396 g/mol. The summed E-state index contributed by atoms with van der Waals surface area (Å²) in [5.74, 6) is 0.561. The fraction of sp³-hybridized carbons (Fsp3) is 0.471. The topological polar surface area (TPSA) is 105 Å². The van der Waals surface area contributed by atoms with Gasteiger partial charge in [-0.15, -0.1) is 0 Å². The van der Waals surface area contributed by atoms with Gasteiger partial charge in [-0.1, -0.05) is 5.16 Å². The molecule has 1 saturated heterocycles. The molecule has 0 atom stereocenters. The van der Waals surface area contributed by atoms with Gasteiger partial charge in [-0.2, -0.15) is 4.98 Å². The van der Waals surface area contributed by atoms with E-state index in [0.717, 1.165) is 0 Å². The highest BCUT2D eigenvalue weighted by molar-refractivity contribution is 7.91. The summed E-state index contributed by atoms with van der Waals surface area (Å²) in [7, 11) is -2.89. The van der Waals surface area contributed by atoms with Crippen LogP contribution in [0.25, 0.3) is 11.4 Å². The van der Waals surface area contributed by atoms with Crippen LogP contribution in [0.1, 0.15) is 12.3 Å². The van der Waals surface area contributed by atoms with Crippen molar-refractivity contribution in [2.75, 3.05) is 37.7 Å². The van der Waals surface area contributed by atoms with Gasteiger partial charge in [-0.05, 0) is 24.3 Å². The summed E-state index contributed by atoms with van der Waals surface area (Å²) in [5, 5.41) is 6.64. The van der Waals surface area contributed by atoms with Crippen LogP contribution in [-0.4, -0.2) is 67.1 Å². The van der Waals surface area contributed by atoms with E-state index in [2.05, 4.69) is 15.5 Å². The SMILES string of the molecule is O=C(CCc1nc(-c2ccc(F)cc2)no1)NCCN1CCS(=O)(=O)CC1. The molecule has 2 aromatic rings. The van der Waals surface area contributed by atoms with Crippen molar-refractivity contribution in [1.82, 2.24) is 20.4 Å². The summed E-state index contributed by atoms with van der Waals surface area (Å²) >= 11 is 0. The number of amides is 1. The van der Waals surface area contributed by atoms with Crippen LogP contribution in [-0.2, 0) is 21.1 Å². The number of aromatic nitrogens is 2. The van der Waals surface area contributed by atoms with Gasteiger partial charge in [0.1, 0.15) is 5.82 Å². The standard InChI is InChI=1S/C17H21FN4O4S/c18-14-3-1-13(2-4-14)17-20-16(26-21-17)6-5-15(23)19-7-8-22-9-11-27(24,25)12-10-22/h1-4H,5-12H2,(H,19,23). The van der Waals surface area contributed by atoms with E-state index in [1.807, 2.05) is 4.90 Å². The van der Waals surface area contributed by atoms with Crippen molar-refractivity contribution in [2.45, 2.75) is 12.8 Å². The van der Waals surface area contributed by atoms with E-state index >= 15 is 0 Å². The molecule has 1 amide bonds. The Bertz CT molecular complexity index is 869. The van der Waals surface area contributed by atoms with E-state index in [4.69, 9.17) is 4.52 Å². The number of hydrogen-bond acceptors (Lipinski definition) is 7. The van der Waals surface area contributed by atoms with Crippen LogP contribution >= 0.6 is 0 Å². The highest BCUT2D eigenvalue weighted by atomic mass is 32.2. The number of halogens is 1. The highest BCUT2D eigenvalue weighted by Gasteiger charge is 2.21. The van der Waals surface area contributed by atoms with Crippen LogP contribution in [0.4, 0.5) is 4.39 Å². The summed E-state index contributed by atoms with van der Waals surface area (Å²) in [4.78, 5) is 18.1. The van der Waals surface area contributed by atoms with Crippen molar-refractivity contribution in [2.24, 2.45) is 0 Å². The van der Waals surface area contributed by atoms with Gasteiger partial charge in [0.05, 0.1) is 11.5 Å². The second kappa shape index (κ2) is 8.57. The second-order valence-electron chi connectivity index (χ2n) is 6.36. The van der Waals surface area contributed by atoms with Crippen molar-refractivity contribution in [3.63, 3.8) is 0 Å². The lowest BCUT2D eigenvalue weighted by molar-refractivity contribution is -0.121. The van der Waals surface area contributed by atoms with E-state index in [1.54, 1.807) is 12.1 Å². The van der Waals surface area contributed by atoms with Crippen LogP contribution in [0.5, 0.6) is 0 Å². The fourth-order valence-electron chi connectivity index (χ4n) is 2.71. The number of aryl methyl sites for hydroxylation is 1. The molecule has 2 heterocycles. The molecule has 3 rings (SSSR count). The first-order valence-corrected chi connectivity index (χ1v) is 10.5. The first-order valence-electron chi connectivity index (χ1n) is 8.69. The zero-order valence-corrected chi connectivity index (χ0v) is 15.5. The zero-order valence-electron chi connectivity index (χ0n) is 14.7. The van der Waals surface area contributed by atoms with Gasteiger partial charge < -0.3 is 9.84 Å². The molecule has 27 heavy (non-hydrogen) atoms. The molecular formula is C17H21FN4O4S. The first-order chi connectivity index (χ1) is 12.9. The maximum atomic E-state index is 12.9. The number of carbonyl (C=O) groups is 1. The number of sulfone groups is 1. The lowest BCUT2D eigenvalue weighted by atomic mass is 10.2. The fourth-order valence-corrected chi connectivity index (χ4v) is 3.99. The van der Waals surface area contributed by atoms with E-state index in [1.165, 1.54) is 12.1 Å². The van der Waals surface area contributed by atoms with Gasteiger partial charge in [0.2, 0.25) is 17.6 Å². The molecule has 0 radical (unpaired) electrons. The molecule has 8 nitrogen and oxygen atoms in total. The van der Waals surface area contributed by atoms with E-state index in [0.29, 0.717) is 49.9 Å². The Kier molecular flexibility index (Phi) is 6.17. The summed E-state index contributed by atoms with van der Waals surface area (Å²) in [6, 6.07) is 5.75. The van der Waals surface area contributed by atoms with Crippen molar-refractivity contribution in [3.05, 3.63) is 36.0 Å². The maximum Gasteiger partial charge on any atom is 0.227 e. The minimum Gasteiger partial charge on any atom is -0.355 e. The normalized spacial score (nSPS) is 16.9. The maximum absolute atomic E-state index is 12.9. The molecule has 0 spiro atoms. The summed E-state index contributed by atoms with van der Waals surface area (Å²) in [6.07, 6.45) is 0.515. The molecule has 1 aromatic carbocycles. The molecule has 0 saturated carbocycles. The molecule has 10 heteroatoms. The van der Waals surface area contributed by atoms with Gasteiger partial charge in [-0.25, -0.2) is 12.8 Å². The Labute approximate surface area is 156 Å². The number of hydrogen-bond donors (Lipinski definition) is 1. The van der Waals surface area contributed by atoms with E-state index < -0.39 is 9.84 Å². The number of nitrogens with one attached hydrogen (secondary N) is 1. The first kappa shape index (κ1) is 19.4. The Morgan fingerprint density at radius 1 is 1.22 bits per heavy atom. The molecular weight excluding hydrogens is 375 g/mol. The smallest absolute Gasteiger partial charge is 0.227 e. The summed E-state index contributed by atoms with van der Waals surface area (Å²) in [5.41, 5.74) is 0.638. The lowest BCUT2D eigenvalue weighted by Gasteiger charge is -2.26. The van der Waals surface area contributed by atoms with E-state index in [-0.39, 0.29) is 29.7 Å². The van der Waals surface area contributed by atoms with E-state index in [9.17, 15) is 17.6 Å². The van der Waals surface area contributed by atoms with Gasteiger partial charge in [0, 0.05) is 44.6 Å². The van der Waals surface area contributed by atoms with Crippen LogP contribution in [0.3, 0.4) is 0 Å². The molecule has 1 aliphatic heterocycles. The quantitative estimate of drug-likeness (QED) is 0.733. The molecule has 1 aromatic heterocycles. The average molecular weight is 396 g/mol. The molecule has 0 unspecified atom stereocenters. The minimum atomic E-state index is -2.89. The van der Waals surface area contributed by atoms with Gasteiger partial charge in [0.15, 0.2) is 9.84 Å². The number of carbonyl (C=O) groups excluding carboxylic acids is 1. The second-order valence-corrected chi connectivity index (χ2v) is 8.67. The van der Waals surface area contributed by atoms with Crippen molar-refractivity contribution in [3.8, 4) is 11.4 Å². The number of rotatable bonds is 7. The third-order valence-electron chi connectivity index (χ3n) is 4.32. The highest BCUT2D eigenvalue weighted by Crippen LogP contribution is 2.16. The molecule has 1 aliphatic rings. The Hall–Kier alpha value is -2.33. The van der Waals surface area contributed by atoms with Gasteiger partial charge >= 0.3 is 0 Å². The Balaban J connectivity index is 1.38. The van der Waals surface area contributed by atoms with Gasteiger partial charge in [0.25, 0.3) is 0 Å². The predicted octanol–water partition coefficient (Wildman–Crippen LogP) is 0.655. The van der Waals surface area contributed by atoms with Gasteiger partial charge in [-0.3, -0.25) is 9.69 Å². The largest absolute Gasteiger partial charge is 0.355 e. The predicted molar refractivity (Wildman–Crippen MR) is 96.1 cm³/mol. The summed E-state index contributed by atoms with van der Waals surface area (Å²) < 4.78 is 40.8. The molecule has 146 valence electrons. The minimum absolute atomic E-state index is 0.138. The van der Waals surface area contributed by atoms with Crippen molar-refractivity contribution >= 4 is 15.7 Å². The van der Waals surface area contributed by atoms with Crippen LogP contribution < -0.4 is 5.32 Å². The molecule has 0 bridgehead atoms. The Morgan fingerprint density at radius 2 is 1.93 bits per heavy atom. The molecule has 0 aliphatic carbocycles. The molecule has 1 N–H and O–H groups in total. The van der Waals surface area contributed by atoms with Crippen molar-refractivity contribution < 1.29 is 22.1 Å². The van der Waals surface area contributed by atoms with Crippen LogP contribution in [0.15, 0.2) is 28.8 Å².